The first kappa shape index (κ1) is 20.2. The van der Waals surface area contributed by atoms with Gasteiger partial charge in [-0.25, -0.2) is 4.79 Å². The van der Waals surface area contributed by atoms with E-state index >= 15 is 0 Å². The Hall–Kier alpha value is -3.05. The molecule has 1 aliphatic heterocycles. The third-order valence-electron chi connectivity index (χ3n) is 5.51. The molecule has 30 heavy (non-hydrogen) atoms. The van der Waals surface area contributed by atoms with Crippen molar-refractivity contribution in [2.45, 2.75) is 31.6 Å². The Morgan fingerprint density at radius 1 is 1.10 bits per heavy atom. The minimum atomic E-state index is -0.644. The molecule has 4 rings (SSSR count). The van der Waals surface area contributed by atoms with Gasteiger partial charge in [0.05, 0.1) is 12.5 Å². The van der Waals surface area contributed by atoms with Gasteiger partial charge in [-0.2, -0.15) is 0 Å². The van der Waals surface area contributed by atoms with Crippen molar-refractivity contribution in [3.63, 3.8) is 0 Å². The number of nitrogens with two attached hydrogens (primary N) is 1. The van der Waals surface area contributed by atoms with E-state index in [-0.39, 0.29) is 29.8 Å². The number of Topliss-reactive ketones (excluding diaryl/α,β-unsaturated/α-hetero) is 1. The van der Waals surface area contributed by atoms with Crippen LogP contribution >= 0.6 is 11.6 Å². The number of hydrogen-bond donors (Lipinski definition) is 1. The number of esters is 1. The smallest absolute Gasteiger partial charge is 0.340 e. The number of ketones is 1. The molecule has 2 unspecified atom stereocenters. The molecule has 2 aromatic carbocycles. The molecule has 0 saturated carbocycles. The number of rotatable bonds is 4. The first-order valence-corrected chi connectivity index (χ1v) is 10.3. The normalized spacial score (nSPS) is 21.2. The molecule has 5 nitrogen and oxygen atoms in total. The van der Waals surface area contributed by atoms with E-state index in [1.807, 2.05) is 30.3 Å². The van der Waals surface area contributed by atoms with Crippen molar-refractivity contribution < 1.29 is 19.1 Å². The van der Waals surface area contributed by atoms with E-state index in [1.54, 1.807) is 31.2 Å². The van der Waals surface area contributed by atoms with Gasteiger partial charge in [-0.3, -0.25) is 4.79 Å². The van der Waals surface area contributed by atoms with E-state index < -0.39 is 11.9 Å². The summed E-state index contributed by atoms with van der Waals surface area (Å²) >= 11 is 6.05. The molecule has 0 bridgehead atoms. The fourth-order valence-corrected chi connectivity index (χ4v) is 4.29. The Balaban J connectivity index is 1.80. The van der Waals surface area contributed by atoms with E-state index in [2.05, 4.69) is 0 Å². The van der Waals surface area contributed by atoms with Crippen molar-refractivity contribution in [1.29, 1.82) is 0 Å². The molecule has 6 heteroatoms. The quantitative estimate of drug-likeness (QED) is 0.728. The molecule has 154 valence electrons. The van der Waals surface area contributed by atoms with E-state index in [9.17, 15) is 9.59 Å². The standard InChI is InChI=1S/C24H22ClNO4/c1-2-29-24(28)22-20(15-8-10-17(25)11-9-15)21-18(27)12-16(13-19(21)30-23(22)26)14-6-4-3-5-7-14/h3-11,16,20H,2,12-13,26H2,1H3. The fraction of sp³-hybridized carbons (Fsp3) is 0.250. The Kier molecular flexibility index (Phi) is 5.64. The predicted molar refractivity (Wildman–Crippen MR) is 114 cm³/mol. The van der Waals surface area contributed by atoms with Crippen molar-refractivity contribution in [1.82, 2.24) is 0 Å². The van der Waals surface area contributed by atoms with Crippen LogP contribution < -0.4 is 5.73 Å². The lowest BCUT2D eigenvalue weighted by Gasteiger charge is -2.35. The van der Waals surface area contributed by atoms with Crippen molar-refractivity contribution >= 4 is 23.4 Å². The van der Waals surface area contributed by atoms with Crippen LogP contribution in [0.2, 0.25) is 5.02 Å². The first-order valence-electron chi connectivity index (χ1n) is 9.90. The largest absolute Gasteiger partial charge is 0.462 e. The zero-order chi connectivity index (χ0) is 21.3. The molecule has 0 amide bonds. The second-order valence-corrected chi connectivity index (χ2v) is 7.80. The van der Waals surface area contributed by atoms with Crippen LogP contribution in [0.25, 0.3) is 0 Å². The van der Waals surface area contributed by atoms with Gasteiger partial charge < -0.3 is 15.2 Å². The average Bonchev–Trinajstić information content (AvgIpc) is 2.74. The Labute approximate surface area is 180 Å². The summed E-state index contributed by atoms with van der Waals surface area (Å²) in [5, 5.41) is 0.564. The summed E-state index contributed by atoms with van der Waals surface area (Å²) in [4.78, 5) is 26.0. The highest BCUT2D eigenvalue weighted by atomic mass is 35.5. The summed E-state index contributed by atoms with van der Waals surface area (Å²) in [5.74, 6) is -0.785. The molecule has 2 aromatic rings. The maximum Gasteiger partial charge on any atom is 0.340 e. The number of benzene rings is 2. The van der Waals surface area contributed by atoms with Crippen molar-refractivity contribution in [3.05, 3.63) is 93.5 Å². The van der Waals surface area contributed by atoms with Gasteiger partial charge in [0.15, 0.2) is 5.78 Å². The molecule has 2 atom stereocenters. The van der Waals surface area contributed by atoms with Gasteiger partial charge in [0, 0.05) is 23.4 Å². The number of ether oxygens (including phenoxy) is 2. The lowest BCUT2D eigenvalue weighted by molar-refractivity contribution is -0.139. The molecular formula is C24H22ClNO4. The summed E-state index contributed by atoms with van der Waals surface area (Å²) in [6, 6.07) is 16.9. The number of carbonyl (C=O) groups is 2. The van der Waals surface area contributed by atoms with Gasteiger partial charge in [0.1, 0.15) is 11.3 Å². The van der Waals surface area contributed by atoms with Crippen LogP contribution in [0.15, 0.2) is 77.4 Å². The predicted octanol–water partition coefficient (Wildman–Crippen LogP) is 4.59. The van der Waals surface area contributed by atoms with E-state index in [1.165, 1.54) is 0 Å². The molecule has 0 aromatic heterocycles. The molecule has 0 saturated heterocycles. The lowest BCUT2D eigenvalue weighted by atomic mass is 9.73. The highest BCUT2D eigenvalue weighted by Gasteiger charge is 2.43. The third kappa shape index (κ3) is 3.73. The maximum absolute atomic E-state index is 13.3. The van der Waals surface area contributed by atoms with Crippen molar-refractivity contribution in [3.8, 4) is 0 Å². The SMILES string of the molecule is CCOC(=O)C1=C(N)OC2=C(C(=O)CC(c3ccccc3)C2)C1c1ccc(Cl)cc1. The zero-order valence-electron chi connectivity index (χ0n) is 16.6. The van der Waals surface area contributed by atoms with Gasteiger partial charge in [0.2, 0.25) is 5.88 Å². The van der Waals surface area contributed by atoms with Crippen molar-refractivity contribution in [2.24, 2.45) is 5.73 Å². The van der Waals surface area contributed by atoms with Gasteiger partial charge in [-0.05, 0) is 36.1 Å². The summed E-state index contributed by atoms with van der Waals surface area (Å²) in [7, 11) is 0. The number of halogens is 1. The second-order valence-electron chi connectivity index (χ2n) is 7.36. The molecule has 1 aliphatic carbocycles. The zero-order valence-corrected chi connectivity index (χ0v) is 17.3. The maximum atomic E-state index is 13.3. The molecule has 2 aliphatic rings. The summed E-state index contributed by atoms with van der Waals surface area (Å²) < 4.78 is 11.1. The second kappa shape index (κ2) is 8.36. The van der Waals surface area contributed by atoms with E-state index in [0.717, 1.165) is 11.1 Å². The number of hydrogen-bond acceptors (Lipinski definition) is 5. The van der Waals surface area contributed by atoms with Crippen molar-refractivity contribution in [2.75, 3.05) is 6.61 Å². The summed E-state index contributed by atoms with van der Waals surface area (Å²) in [6.45, 7) is 1.91. The van der Waals surface area contributed by atoms with Crippen LogP contribution in [0.5, 0.6) is 0 Å². The summed E-state index contributed by atoms with van der Waals surface area (Å²) in [5.41, 5.74) is 8.64. The minimum Gasteiger partial charge on any atom is -0.462 e. The minimum absolute atomic E-state index is 0.000242. The molecule has 2 N–H and O–H groups in total. The Morgan fingerprint density at radius 3 is 2.47 bits per heavy atom. The summed E-state index contributed by atoms with van der Waals surface area (Å²) in [6.07, 6.45) is 0.873. The van der Waals surface area contributed by atoms with E-state index in [0.29, 0.717) is 29.2 Å². The molecular weight excluding hydrogens is 402 g/mol. The highest BCUT2D eigenvalue weighted by Crippen LogP contribution is 2.47. The molecule has 1 heterocycles. The monoisotopic (exact) mass is 423 g/mol. The van der Waals surface area contributed by atoms with Crippen LogP contribution in [-0.2, 0) is 19.1 Å². The average molecular weight is 424 g/mol. The van der Waals surface area contributed by atoms with Gasteiger partial charge in [-0.1, -0.05) is 54.1 Å². The topological polar surface area (TPSA) is 78.6 Å². The van der Waals surface area contributed by atoms with Crippen LogP contribution in [0.1, 0.15) is 42.7 Å². The van der Waals surface area contributed by atoms with Gasteiger partial charge in [0.25, 0.3) is 0 Å². The Bertz CT molecular complexity index is 1040. The molecule has 0 spiro atoms. The van der Waals surface area contributed by atoms with Gasteiger partial charge in [-0.15, -0.1) is 0 Å². The molecule has 0 radical (unpaired) electrons. The fourth-order valence-electron chi connectivity index (χ4n) is 4.16. The number of allylic oxidation sites excluding steroid dienone is 2. The van der Waals surface area contributed by atoms with E-state index in [4.69, 9.17) is 26.8 Å². The van der Waals surface area contributed by atoms with Gasteiger partial charge >= 0.3 is 5.97 Å². The third-order valence-corrected chi connectivity index (χ3v) is 5.76. The lowest BCUT2D eigenvalue weighted by Crippen LogP contribution is -2.33. The molecule has 0 fully saturated rings. The highest BCUT2D eigenvalue weighted by molar-refractivity contribution is 6.30. The van der Waals surface area contributed by atoms with Crippen LogP contribution in [0.4, 0.5) is 0 Å². The Morgan fingerprint density at radius 2 is 1.80 bits per heavy atom. The van der Waals surface area contributed by atoms with Crippen LogP contribution in [0, 0.1) is 0 Å². The van der Waals surface area contributed by atoms with Crippen LogP contribution in [0.3, 0.4) is 0 Å². The van der Waals surface area contributed by atoms with Crippen LogP contribution in [-0.4, -0.2) is 18.4 Å². The number of carbonyl (C=O) groups excluding carboxylic acids is 2. The first-order chi connectivity index (χ1) is 14.5.